The highest BCUT2D eigenvalue weighted by molar-refractivity contribution is 5.97. The first kappa shape index (κ1) is 19.4. The van der Waals surface area contributed by atoms with E-state index in [2.05, 4.69) is 5.32 Å². The molecule has 1 aromatic heterocycles. The molecule has 1 atom stereocenters. The molecule has 0 aliphatic carbocycles. The molecule has 3 aromatic rings. The molecule has 144 valence electrons. The van der Waals surface area contributed by atoms with Crippen molar-refractivity contribution in [2.45, 2.75) is 26.3 Å². The zero-order valence-electron chi connectivity index (χ0n) is 15.6. The number of benzene rings is 2. The Balaban J connectivity index is 1.92. The van der Waals surface area contributed by atoms with Crippen LogP contribution in [0.2, 0.25) is 0 Å². The van der Waals surface area contributed by atoms with E-state index in [9.17, 15) is 19.5 Å². The number of carboxylic acid groups (broad SMARTS) is 1. The van der Waals surface area contributed by atoms with E-state index in [1.807, 2.05) is 26.0 Å². The lowest BCUT2D eigenvalue weighted by Crippen LogP contribution is -2.41. The number of carbonyl (C=O) groups is 2. The third-order valence-electron chi connectivity index (χ3n) is 4.39. The molecule has 2 N–H and O–H groups in total. The number of hydrogen-bond donors (Lipinski definition) is 2. The third-order valence-corrected chi connectivity index (χ3v) is 4.39. The average Bonchev–Trinajstić information content (AvgIpc) is 2.66. The highest BCUT2D eigenvalue weighted by Gasteiger charge is 2.22. The van der Waals surface area contributed by atoms with Crippen LogP contribution in [0.4, 0.5) is 0 Å². The zero-order chi connectivity index (χ0) is 20.3. The van der Waals surface area contributed by atoms with Crippen LogP contribution in [-0.4, -0.2) is 23.0 Å². The predicted octanol–water partition coefficient (Wildman–Crippen LogP) is 3.69. The second-order valence-electron chi connectivity index (χ2n) is 7.06. The fraction of sp³-hybridized carbons (Fsp3) is 0.227. The van der Waals surface area contributed by atoms with Crippen molar-refractivity contribution in [1.29, 1.82) is 0 Å². The Morgan fingerprint density at radius 3 is 2.54 bits per heavy atom. The van der Waals surface area contributed by atoms with Gasteiger partial charge in [-0.3, -0.25) is 4.79 Å². The lowest BCUT2D eigenvalue weighted by molar-refractivity contribution is -0.139. The van der Waals surface area contributed by atoms with Crippen molar-refractivity contribution in [1.82, 2.24) is 5.32 Å². The summed E-state index contributed by atoms with van der Waals surface area (Å²) in [5.41, 5.74) is 1.14. The van der Waals surface area contributed by atoms with E-state index in [0.29, 0.717) is 23.1 Å². The number of rotatable bonds is 6. The Morgan fingerprint density at radius 2 is 1.82 bits per heavy atom. The first-order valence-electron chi connectivity index (χ1n) is 9.02. The first-order valence-corrected chi connectivity index (χ1v) is 9.02. The Kier molecular flexibility index (Phi) is 5.59. The smallest absolute Gasteiger partial charge is 0.344 e. The highest BCUT2D eigenvalue weighted by atomic mass is 16.4. The fourth-order valence-corrected chi connectivity index (χ4v) is 3.03. The number of aliphatic carboxylic acids is 1. The highest BCUT2D eigenvalue weighted by Crippen LogP contribution is 2.22. The van der Waals surface area contributed by atoms with E-state index in [0.717, 1.165) is 5.39 Å². The second kappa shape index (κ2) is 8.08. The van der Waals surface area contributed by atoms with Gasteiger partial charge in [-0.05, 0) is 42.2 Å². The molecule has 0 aliphatic heterocycles. The molecule has 0 radical (unpaired) electrons. The van der Waals surface area contributed by atoms with E-state index < -0.39 is 23.5 Å². The Bertz CT molecular complexity index is 1080. The van der Waals surface area contributed by atoms with Gasteiger partial charge < -0.3 is 14.8 Å². The van der Waals surface area contributed by atoms with Gasteiger partial charge in [0.1, 0.15) is 11.6 Å². The number of hydrogen-bond acceptors (Lipinski definition) is 4. The molecule has 0 spiro atoms. The minimum atomic E-state index is -1.08. The van der Waals surface area contributed by atoms with Gasteiger partial charge in [0.05, 0.1) is 5.56 Å². The van der Waals surface area contributed by atoms with Crippen molar-refractivity contribution in [3.8, 4) is 11.1 Å². The van der Waals surface area contributed by atoms with Crippen molar-refractivity contribution in [2.24, 2.45) is 5.92 Å². The lowest BCUT2D eigenvalue weighted by atomic mass is 10.0. The largest absolute Gasteiger partial charge is 0.480 e. The lowest BCUT2D eigenvalue weighted by Gasteiger charge is -2.16. The molecule has 6 nitrogen and oxygen atoms in total. The quantitative estimate of drug-likeness (QED) is 0.637. The van der Waals surface area contributed by atoms with Crippen LogP contribution < -0.4 is 10.9 Å². The van der Waals surface area contributed by atoms with Gasteiger partial charge in [-0.15, -0.1) is 0 Å². The Labute approximate surface area is 161 Å². The molecular weight excluding hydrogens is 358 g/mol. The van der Waals surface area contributed by atoms with Crippen LogP contribution in [-0.2, 0) is 4.79 Å². The maximum absolute atomic E-state index is 12.5. The van der Waals surface area contributed by atoms with Gasteiger partial charge in [-0.25, -0.2) is 9.59 Å². The number of carboxylic acids is 1. The van der Waals surface area contributed by atoms with Crippen LogP contribution in [0.25, 0.3) is 22.1 Å². The molecule has 6 heteroatoms. The van der Waals surface area contributed by atoms with Crippen molar-refractivity contribution >= 4 is 22.8 Å². The standard InChI is InChI=1S/C22H21NO5/c1-13(2)10-18(21(25)26)23-20(24)16-8-5-7-14(11-16)17-12-15-6-3-4-9-19(15)28-22(17)27/h3-9,11-13,18H,10H2,1-2H3,(H,23,24)(H,25,26). The summed E-state index contributed by atoms with van der Waals surface area (Å²) in [6.45, 7) is 3.78. The minimum Gasteiger partial charge on any atom is -0.480 e. The van der Waals surface area contributed by atoms with Crippen molar-refractivity contribution in [3.05, 3.63) is 70.6 Å². The Hall–Kier alpha value is -3.41. The van der Waals surface area contributed by atoms with E-state index in [1.54, 1.807) is 42.5 Å². The van der Waals surface area contributed by atoms with E-state index in [1.165, 1.54) is 0 Å². The number of amides is 1. The van der Waals surface area contributed by atoms with E-state index in [4.69, 9.17) is 4.42 Å². The van der Waals surface area contributed by atoms with Gasteiger partial charge in [-0.1, -0.05) is 44.2 Å². The molecule has 0 bridgehead atoms. The second-order valence-corrected chi connectivity index (χ2v) is 7.06. The molecule has 3 rings (SSSR count). The molecule has 0 saturated heterocycles. The molecule has 1 amide bonds. The van der Waals surface area contributed by atoms with Gasteiger partial charge in [0.25, 0.3) is 5.91 Å². The van der Waals surface area contributed by atoms with Gasteiger partial charge in [0, 0.05) is 10.9 Å². The summed E-state index contributed by atoms with van der Waals surface area (Å²) in [6.07, 6.45) is 0.328. The van der Waals surface area contributed by atoms with Crippen LogP contribution in [0, 0.1) is 5.92 Å². The topological polar surface area (TPSA) is 96.6 Å². The molecule has 2 aromatic carbocycles. The van der Waals surface area contributed by atoms with E-state index >= 15 is 0 Å². The first-order chi connectivity index (χ1) is 13.3. The van der Waals surface area contributed by atoms with E-state index in [-0.39, 0.29) is 11.5 Å². The summed E-state index contributed by atoms with van der Waals surface area (Å²) in [5.74, 6) is -1.46. The fourth-order valence-electron chi connectivity index (χ4n) is 3.03. The average molecular weight is 379 g/mol. The number of para-hydroxylation sites is 1. The molecule has 0 fully saturated rings. The SMILES string of the molecule is CC(C)CC(NC(=O)c1cccc(-c2cc3ccccc3oc2=O)c1)C(=O)O. The zero-order valence-corrected chi connectivity index (χ0v) is 15.6. The van der Waals surface area contributed by atoms with Crippen molar-refractivity contribution in [3.63, 3.8) is 0 Å². The minimum absolute atomic E-state index is 0.120. The number of fused-ring (bicyclic) bond motifs is 1. The van der Waals surface area contributed by atoms with Crippen LogP contribution in [0.1, 0.15) is 30.6 Å². The normalized spacial score (nSPS) is 12.1. The summed E-state index contributed by atoms with van der Waals surface area (Å²) in [5, 5.41) is 12.6. The van der Waals surface area contributed by atoms with Crippen LogP contribution >= 0.6 is 0 Å². The maximum atomic E-state index is 12.5. The summed E-state index contributed by atoms with van der Waals surface area (Å²) in [7, 11) is 0. The summed E-state index contributed by atoms with van der Waals surface area (Å²) >= 11 is 0. The molecule has 1 heterocycles. The summed E-state index contributed by atoms with van der Waals surface area (Å²) in [6, 6.07) is 14.4. The van der Waals surface area contributed by atoms with Gasteiger partial charge in [-0.2, -0.15) is 0 Å². The summed E-state index contributed by atoms with van der Waals surface area (Å²) < 4.78 is 5.35. The van der Waals surface area contributed by atoms with Crippen LogP contribution in [0.15, 0.2) is 63.8 Å². The maximum Gasteiger partial charge on any atom is 0.344 e. The monoisotopic (exact) mass is 379 g/mol. The van der Waals surface area contributed by atoms with Gasteiger partial charge in [0.15, 0.2) is 0 Å². The predicted molar refractivity (Wildman–Crippen MR) is 106 cm³/mol. The number of carbonyl (C=O) groups excluding carboxylic acids is 1. The molecule has 0 aliphatic rings. The van der Waals surface area contributed by atoms with Crippen molar-refractivity contribution in [2.75, 3.05) is 0 Å². The van der Waals surface area contributed by atoms with Crippen molar-refractivity contribution < 1.29 is 19.1 Å². The summed E-state index contributed by atoms with van der Waals surface area (Å²) in [4.78, 5) is 36.3. The molecule has 0 saturated carbocycles. The molecular formula is C22H21NO5. The third kappa shape index (κ3) is 4.28. The number of nitrogens with one attached hydrogen (secondary N) is 1. The van der Waals surface area contributed by atoms with Crippen LogP contribution in [0.3, 0.4) is 0 Å². The van der Waals surface area contributed by atoms with Gasteiger partial charge >= 0.3 is 11.6 Å². The molecule has 28 heavy (non-hydrogen) atoms. The Morgan fingerprint density at radius 1 is 1.07 bits per heavy atom. The molecule has 1 unspecified atom stereocenters. The van der Waals surface area contributed by atoms with Gasteiger partial charge in [0.2, 0.25) is 0 Å². The van der Waals surface area contributed by atoms with Crippen LogP contribution in [0.5, 0.6) is 0 Å².